The first-order valence-corrected chi connectivity index (χ1v) is 8.88. The molecule has 20 heavy (non-hydrogen) atoms. The van der Waals surface area contributed by atoms with Crippen molar-refractivity contribution in [3.63, 3.8) is 0 Å². The van der Waals surface area contributed by atoms with Crippen molar-refractivity contribution in [1.82, 2.24) is 9.47 Å². The Hall–Kier alpha value is -1.01. The van der Waals surface area contributed by atoms with Gasteiger partial charge in [-0.15, -0.1) is 0 Å². The van der Waals surface area contributed by atoms with Crippen LogP contribution in [-0.2, 0) is 9.05 Å². The van der Waals surface area contributed by atoms with Gasteiger partial charge < -0.3 is 9.47 Å². The number of hydrogen-bond donors (Lipinski definition) is 0. The summed E-state index contributed by atoms with van der Waals surface area (Å²) in [4.78, 5) is 14.2. The van der Waals surface area contributed by atoms with E-state index in [1.807, 2.05) is 34.6 Å². The smallest absolute Gasteiger partial charge is 0.270 e. The largest absolute Gasteiger partial charge is 0.340 e. The molecule has 1 aromatic heterocycles. The minimum Gasteiger partial charge on any atom is -0.340 e. The van der Waals surface area contributed by atoms with Crippen molar-refractivity contribution < 1.29 is 13.2 Å². The molecule has 1 rings (SSSR count). The summed E-state index contributed by atoms with van der Waals surface area (Å²) in [6.07, 6.45) is 1.41. The highest BCUT2D eigenvalue weighted by atomic mass is 35.7. The van der Waals surface area contributed by atoms with Crippen LogP contribution < -0.4 is 0 Å². The minimum absolute atomic E-state index is 0.0352. The van der Waals surface area contributed by atoms with Crippen LogP contribution in [0.25, 0.3) is 0 Å². The molecular formula is C13H21ClN2O3S. The van der Waals surface area contributed by atoms with Gasteiger partial charge in [-0.25, -0.2) is 8.42 Å². The number of halogens is 1. The molecule has 0 saturated carbocycles. The van der Waals surface area contributed by atoms with Gasteiger partial charge in [-0.3, -0.25) is 4.79 Å². The Kier molecular flexibility index (Phi) is 5.27. The van der Waals surface area contributed by atoms with Gasteiger partial charge in [-0.05, 0) is 40.7 Å². The summed E-state index contributed by atoms with van der Waals surface area (Å²) in [6.45, 7) is 10.1. The second kappa shape index (κ2) is 6.18. The predicted molar refractivity (Wildman–Crippen MR) is 79.7 cm³/mol. The molecule has 0 aliphatic rings. The number of aromatic nitrogens is 1. The second-order valence-electron chi connectivity index (χ2n) is 5.18. The van der Waals surface area contributed by atoms with Gasteiger partial charge in [0.2, 0.25) is 0 Å². The molecule has 1 amide bonds. The molecule has 5 nitrogen and oxygen atoms in total. The van der Waals surface area contributed by atoms with Gasteiger partial charge in [0.15, 0.2) is 0 Å². The van der Waals surface area contributed by atoms with Crippen LogP contribution in [0.15, 0.2) is 17.2 Å². The van der Waals surface area contributed by atoms with E-state index < -0.39 is 9.05 Å². The maximum absolute atomic E-state index is 12.6. The lowest BCUT2D eigenvalue weighted by atomic mass is 10.2. The summed E-state index contributed by atoms with van der Waals surface area (Å²) in [6, 6.07) is 1.35. The monoisotopic (exact) mass is 320 g/mol. The molecule has 0 unspecified atom stereocenters. The fourth-order valence-corrected chi connectivity index (χ4v) is 2.82. The SMILES string of the molecule is CCN(C(=O)c1cc(S(=O)(=O)Cl)cn1C(C)C)C(C)C. The first-order valence-electron chi connectivity index (χ1n) is 6.57. The average molecular weight is 321 g/mol. The summed E-state index contributed by atoms with van der Waals surface area (Å²) in [5, 5.41) is 0. The molecule has 0 bridgehead atoms. The summed E-state index contributed by atoms with van der Waals surface area (Å²) in [5.41, 5.74) is 0.342. The lowest BCUT2D eigenvalue weighted by Crippen LogP contribution is -2.37. The molecule has 1 aromatic rings. The molecule has 0 saturated heterocycles. The maximum Gasteiger partial charge on any atom is 0.270 e. The Balaban J connectivity index is 3.36. The van der Waals surface area contributed by atoms with Crippen LogP contribution in [0.5, 0.6) is 0 Å². The highest BCUT2D eigenvalue weighted by molar-refractivity contribution is 8.13. The van der Waals surface area contributed by atoms with Crippen molar-refractivity contribution in [3.05, 3.63) is 18.0 Å². The Morgan fingerprint density at radius 3 is 2.25 bits per heavy atom. The third-order valence-corrected chi connectivity index (χ3v) is 4.43. The van der Waals surface area contributed by atoms with E-state index in [9.17, 15) is 13.2 Å². The van der Waals surface area contributed by atoms with Crippen LogP contribution in [-0.4, -0.2) is 36.4 Å². The summed E-state index contributed by atoms with van der Waals surface area (Å²) < 4.78 is 24.5. The standard InChI is InChI=1S/C13H21ClN2O3S/c1-6-15(9(2)3)13(17)12-7-11(20(14,18)19)8-16(12)10(4)5/h7-10H,6H2,1-5H3. The van der Waals surface area contributed by atoms with Gasteiger partial charge in [-0.2, -0.15) is 0 Å². The molecule has 0 aliphatic heterocycles. The molecule has 0 aromatic carbocycles. The van der Waals surface area contributed by atoms with Crippen molar-refractivity contribution in [3.8, 4) is 0 Å². The number of carbonyl (C=O) groups excluding carboxylic acids is 1. The van der Waals surface area contributed by atoms with E-state index in [1.165, 1.54) is 12.3 Å². The molecule has 0 fully saturated rings. The molecule has 1 heterocycles. The van der Waals surface area contributed by atoms with E-state index in [0.717, 1.165) is 0 Å². The molecular weight excluding hydrogens is 300 g/mol. The molecule has 7 heteroatoms. The normalized spacial score (nSPS) is 12.2. The van der Waals surface area contributed by atoms with Crippen molar-refractivity contribution >= 4 is 25.6 Å². The van der Waals surface area contributed by atoms with E-state index in [4.69, 9.17) is 10.7 Å². The van der Waals surface area contributed by atoms with Crippen LogP contribution in [0.3, 0.4) is 0 Å². The highest BCUT2D eigenvalue weighted by Gasteiger charge is 2.25. The first-order chi connectivity index (χ1) is 9.09. The topological polar surface area (TPSA) is 59.4 Å². The Labute approximate surface area is 124 Å². The van der Waals surface area contributed by atoms with Gasteiger partial charge in [0, 0.05) is 35.5 Å². The van der Waals surface area contributed by atoms with E-state index in [0.29, 0.717) is 12.2 Å². The predicted octanol–water partition coefficient (Wildman–Crippen LogP) is 2.87. The summed E-state index contributed by atoms with van der Waals surface area (Å²) >= 11 is 0. The number of hydrogen-bond acceptors (Lipinski definition) is 3. The van der Waals surface area contributed by atoms with Crippen LogP contribution in [0.1, 0.15) is 51.1 Å². The zero-order chi connectivity index (χ0) is 15.7. The zero-order valence-electron chi connectivity index (χ0n) is 12.4. The van der Waals surface area contributed by atoms with Crippen LogP contribution in [0, 0.1) is 0 Å². The highest BCUT2D eigenvalue weighted by Crippen LogP contribution is 2.23. The Morgan fingerprint density at radius 2 is 1.90 bits per heavy atom. The van der Waals surface area contributed by atoms with Crippen molar-refractivity contribution in [2.75, 3.05) is 6.54 Å². The minimum atomic E-state index is -3.84. The van der Waals surface area contributed by atoms with E-state index in [-0.39, 0.29) is 22.9 Å². The van der Waals surface area contributed by atoms with Crippen LogP contribution in [0.4, 0.5) is 0 Å². The molecule has 114 valence electrons. The Morgan fingerprint density at radius 1 is 1.35 bits per heavy atom. The number of amides is 1. The van der Waals surface area contributed by atoms with E-state index in [1.54, 1.807) is 9.47 Å². The third-order valence-electron chi connectivity index (χ3n) is 3.11. The lowest BCUT2D eigenvalue weighted by Gasteiger charge is -2.26. The van der Waals surface area contributed by atoms with Gasteiger partial charge >= 0.3 is 0 Å². The molecule has 0 atom stereocenters. The van der Waals surface area contributed by atoms with E-state index >= 15 is 0 Å². The number of nitrogens with zero attached hydrogens (tertiary/aromatic N) is 2. The van der Waals surface area contributed by atoms with Gasteiger partial charge in [0.1, 0.15) is 10.6 Å². The zero-order valence-corrected chi connectivity index (χ0v) is 14.0. The van der Waals surface area contributed by atoms with Gasteiger partial charge in [-0.1, -0.05) is 0 Å². The summed E-state index contributed by atoms with van der Waals surface area (Å²) in [5.74, 6) is -0.192. The molecule has 0 radical (unpaired) electrons. The lowest BCUT2D eigenvalue weighted by molar-refractivity contribution is 0.0704. The van der Waals surface area contributed by atoms with Crippen molar-refractivity contribution in [2.45, 2.75) is 51.6 Å². The van der Waals surface area contributed by atoms with Gasteiger partial charge in [0.25, 0.3) is 15.0 Å². The van der Waals surface area contributed by atoms with Crippen LogP contribution in [0.2, 0.25) is 0 Å². The summed E-state index contributed by atoms with van der Waals surface area (Å²) in [7, 11) is 1.52. The third kappa shape index (κ3) is 3.55. The molecule has 0 N–H and O–H groups in total. The van der Waals surface area contributed by atoms with Crippen LogP contribution >= 0.6 is 10.7 Å². The van der Waals surface area contributed by atoms with E-state index in [2.05, 4.69) is 0 Å². The van der Waals surface area contributed by atoms with Gasteiger partial charge in [0.05, 0.1) is 0 Å². The number of carbonyl (C=O) groups is 1. The average Bonchev–Trinajstić information content (AvgIpc) is 2.73. The quantitative estimate of drug-likeness (QED) is 0.784. The molecule has 0 aliphatic carbocycles. The second-order valence-corrected chi connectivity index (χ2v) is 7.75. The fraction of sp³-hybridized carbons (Fsp3) is 0.615. The Bertz CT molecular complexity index is 591. The fourth-order valence-electron chi connectivity index (χ4n) is 2.08. The first kappa shape index (κ1) is 17.0. The maximum atomic E-state index is 12.6. The molecule has 0 spiro atoms. The number of rotatable bonds is 5. The van der Waals surface area contributed by atoms with Crippen molar-refractivity contribution in [2.24, 2.45) is 0 Å². The van der Waals surface area contributed by atoms with Crippen molar-refractivity contribution in [1.29, 1.82) is 0 Å².